The third kappa shape index (κ3) is 4.05. The normalized spacial score (nSPS) is 18.1. The van der Waals surface area contributed by atoms with Crippen molar-refractivity contribution >= 4 is 17.7 Å². The van der Waals surface area contributed by atoms with E-state index in [0.717, 1.165) is 60.3 Å². The third-order valence-electron chi connectivity index (χ3n) is 5.94. The van der Waals surface area contributed by atoms with Gasteiger partial charge in [-0.3, -0.25) is 4.98 Å². The molecule has 1 unspecified atom stereocenters. The molecule has 2 aliphatic rings. The maximum absolute atomic E-state index is 4.87. The van der Waals surface area contributed by atoms with Gasteiger partial charge in [0.15, 0.2) is 11.5 Å². The fraction of sp³-hybridized carbons (Fsp3) is 0.375. The first-order valence-electron chi connectivity index (χ1n) is 11.1. The van der Waals surface area contributed by atoms with Crippen LogP contribution < -0.4 is 21.2 Å². The summed E-state index contributed by atoms with van der Waals surface area (Å²) >= 11 is 0. The van der Waals surface area contributed by atoms with Gasteiger partial charge in [-0.05, 0) is 44.4 Å². The Hall–Kier alpha value is -3.19. The predicted octanol–water partition coefficient (Wildman–Crippen LogP) is 1.48. The van der Waals surface area contributed by atoms with Gasteiger partial charge in [0.1, 0.15) is 0 Å². The highest BCUT2D eigenvalue weighted by molar-refractivity contribution is 5.73. The zero-order chi connectivity index (χ0) is 21.2. The monoisotopic (exact) mass is 415 g/mol. The molecule has 7 nitrogen and oxygen atoms in total. The highest BCUT2D eigenvalue weighted by Gasteiger charge is 2.28. The number of piperazine rings is 1. The quantitative estimate of drug-likeness (QED) is 0.658. The van der Waals surface area contributed by atoms with Crippen molar-refractivity contribution in [2.24, 2.45) is 0 Å². The molecule has 31 heavy (non-hydrogen) atoms. The van der Waals surface area contributed by atoms with Crippen molar-refractivity contribution in [3.8, 4) is 0 Å². The number of aryl methyl sites for hydroxylation is 1. The minimum absolute atomic E-state index is 0.194. The lowest BCUT2D eigenvalue weighted by Gasteiger charge is -2.36. The van der Waals surface area contributed by atoms with Crippen molar-refractivity contribution in [3.05, 3.63) is 70.5 Å². The number of anilines is 1. The van der Waals surface area contributed by atoms with Gasteiger partial charge in [-0.1, -0.05) is 30.3 Å². The van der Waals surface area contributed by atoms with Gasteiger partial charge < -0.3 is 15.5 Å². The lowest BCUT2D eigenvalue weighted by molar-refractivity contribution is 0.267. The smallest absolute Gasteiger partial charge is 0.182 e. The Morgan fingerprint density at radius 1 is 1.10 bits per heavy atom. The van der Waals surface area contributed by atoms with E-state index < -0.39 is 0 Å². The van der Waals surface area contributed by atoms with E-state index in [-0.39, 0.29) is 6.04 Å². The van der Waals surface area contributed by atoms with Crippen LogP contribution in [0.25, 0.3) is 11.9 Å². The number of hydrogen-bond acceptors (Lipinski definition) is 6. The average Bonchev–Trinajstić information content (AvgIpc) is 3.16. The number of nitrogens with zero attached hydrogens (tertiary/aromatic N) is 5. The summed E-state index contributed by atoms with van der Waals surface area (Å²) in [7, 11) is 0. The van der Waals surface area contributed by atoms with Crippen LogP contribution in [-0.4, -0.2) is 50.6 Å². The van der Waals surface area contributed by atoms with E-state index in [2.05, 4.69) is 65.8 Å². The van der Waals surface area contributed by atoms with Crippen molar-refractivity contribution < 1.29 is 0 Å². The molecule has 2 aromatic heterocycles. The number of aromatic nitrogens is 4. The second kappa shape index (κ2) is 8.51. The Kier molecular flexibility index (Phi) is 5.42. The summed E-state index contributed by atoms with van der Waals surface area (Å²) in [5, 5.41) is 18.7. The number of pyridine rings is 1. The summed E-state index contributed by atoms with van der Waals surface area (Å²) in [4.78, 5) is 8.99. The predicted molar refractivity (Wildman–Crippen MR) is 123 cm³/mol. The molecule has 3 aromatic rings. The van der Waals surface area contributed by atoms with Gasteiger partial charge in [-0.15, -0.1) is 10.2 Å². The van der Waals surface area contributed by atoms with E-state index in [1.54, 1.807) is 4.80 Å². The molecule has 1 atom stereocenters. The number of hydrogen-bond donors (Lipinski definition) is 2. The maximum Gasteiger partial charge on any atom is 0.182 e. The first-order chi connectivity index (χ1) is 15.2. The second-order valence-electron chi connectivity index (χ2n) is 8.51. The number of rotatable bonds is 5. The molecule has 1 fully saturated rings. The molecular weight excluding hydrogens is 386 g/mol. The Bertz CT molecular complexity index is 1170. The van der Waals surface area contributed by atoms with Crippen molar-refractivity contribution in [2.45, 2.75) is 38.8 Å². The van der Waals surface area contributed by atoms with Crippen LogP contribution in [0.15, 0.2) is 48.7 Å². The van der Waals surface area contributed by atoms with Gasteiger partial charge in [0.25, 0.3) is 0 Å². The molecular formula is C24H29N7. The molecule has 0 saturated carbocycles. The summed E-state index contributed by atoms with van der Waals surface area (Å²) in [6.45, 7) is 6.97. The summed E-state index contributed by atoms with van der Waals surface area (Å²) in [5.41, 5.74) is 3.34. The van der Waals surface area contributed by atoms with Crippen LogP contribution in [0.3, 0.4) is 0 Å². The lowest BCUT2D eigenvalue weighted by Crippen LogP contribution is -2.52. The molecule has 1 aromatic carbocycles. The van der Waals surface area contributed by atoms with Crippen LogP contribution in [0.5, 0.6) is 0 Å². The molecule has 0 aliphatic carbocycles. The third-order valence-corrected chi connectivity index (χ3v) is 5.94. The molecule has 2 N–H and O–H groups in total. The minimum atomic E-state index is 0.194. The standard InChI is InChI=1S/C24H29N7/c1-17(2)31-28-22-23(21-19(9-6-12-26-21)15-27-24(22)29-31)30-14-13-25-20(16-30)11-10-18-7-4-3-5-8-18/h3-9,12,15,17,20,25H,10-11,13-14,16H2,1-2H3,(H,27,29). The number of fused-ring (bicyclic) bond motifs is 2. The van der Waals surface area contributed by atoms with E-state index in [1.807, 2.05) is 18.5 Å². The van der Waals surface area contributed by atoms with Gasteiger partial charge in [0, 0.05) is 43.3 Å². The average molecular weight is 416 g/mol. The van der Waals surface area contributed by atoms with E-state index in [1.165, 1.54) is 5.56 Å². The van der Waals surface area contributed by atoms with Crippen molar-refractivity contribution in [1.29, 1.82) is 0 Å². The highest BCUT2D eigenvalue weighted by Crippen LogP contribution is 2.25. The van der Waals surface area contributed by atoms with Crippen LogP contribution in [0, 0.1) is 0 Å². The molecule has 4 heterocycles. The molecule has 0 bridgehead atoms. The fourth-order valence-corrected chi connectivity index (χ4v) is 4.31. The first kappa shape index (κ1) is 19.8. The largest absolute Gasteiger partial charge is 0.365 e. The molecule has 0 radical (unpaired) electrons. The topological polar surface area (TPSA) is 70.9 Å². The van der Waals surface area contributed by atoms with Crippen LogP contribution in [0.1, 0.15) is 37.6 Å². The molecule has 2 aliphatic heterocycles. The van der Waals surface area contributed by atoms with Gasteiger partial charge >= 0.3 is 0 Å². The van der Waals surface area contributed by atoms with E-state index >= 15 is 0 Å². The van der Waals surface area contributed by atoms with E-state index in [4.69, 9.17) is 15.2 Å². The van der Waals surface area contributed by atoms with Crippen LogP contribution in [-0.2, 0) is 6.42 Å². The second-order valence-corrected chi connectivity index (χ2v) is 8.51. The van der Waals surface area contributed by atoms with Crippen LogP contribution >= 0.6 is 0 Å². The Balaban J connectivity index is 1.49. The van der Waals surface area contributed by atoms with E-state index in [9.17, 15) is 0 Å². The van der Waals surface area contributed by atoms with E-state index in [0.29, 0.717) is 6.04 Å². The fourth-order valence-electron chi connectivity index (χ4n) is 4.31. The highest BCUT2D eigenvalue weighted by atomic mass is 15.5. The van der Waals surface area contributed by atoms with Crippen molar-refractivity contribution in [2.75, 3.05) is 25.0 Å². The SMILES string of the molecule is CC(C)n1nc2c(n1)C(N1CCNC(CCc3ccccc3)C1)=c1ncccc1=CN2. The maximum atomic E-state index is 4.87. The van der Waals surface area contributed by atoms with Gasteiger partial charge in [0.05, 0.1) is 17.1 Å². The first-order valence-corrected chi connectivity index (χ1v) is 11.1. The minimum Gasteiger partial charge on any atom is -0.365 e. The lowest BCUT2D eigenvalue weighted by atomic mass is 10.0. The summed E-state index contributed by atoms with van der Waals surface area (Å²) < 4.78 is 0. The molecule has 7 heteroatoms. The molecule has 5 rings (SSSR count). The Labute approximate surface area is 182 Å². The number of benzene rings is 1. The van der Waals surface area contributed by atoms with Crippen molar-refractivity contribution in [3.63, 3.8) is 0 Å². The molecule has 160 valence electrons. The van der Waals surface area contributed by atoms with Crippen molar-refractivity contribution in [1.82, 2.24) is 30.2 Å². The summed E-state index contributed by atoms with van der Waals surface area (Å²) in [5.74, 6) is 0.793. The summed E-state index contributed by atoms with van der Waals surface area (Å²) in [6.07, 6.45) is 6.02. The Morgan fingerprint density at radius 3 is 2.81 bits per heavy atom. The summed E-state index contributed by atoms with van der Waals surface area (Å²) in [6, 6.07) is 15.4. The van der Waals surface area contributed by atoms with Crippen LogP contribution in [0.4, 0.5) is 5.82 Å². The zero-order valence-corrected chi connectivity index (χ0v) is 18.1. The zero-order valence-electron chi connectivity index (χ0n) is 18.1. The van der Waals surface area contributed by atoms with Gasteiger partial charge in [0.2, 0.25) is 0 Å². The molecule has 0 amide bonds. The number of nitrogens with one attached hydrogen (secondary N) is 2. The molecule has 0 spiro atoms. The molecule has 1 saturated heterocycles. The van der Waals surface area contributed by atoms with Gasteiger partial charge in [-0.2, -0.15) is 4.80 Å². The van der Waals surface area contributed by atoms with Crippen LogP contribution in [0.2, 0.25) is 0 Å². The van der Waals surface area contributed by atoms with Gasteiger partial charge in [-0.25, -0.2) is 0 Å². The Morgan fingerprint density at radius 2 is 1.97 bits per heavy atom.